The molecule has 1 aliphatic rings. The summed E-state index contributed by atoms with van der Waals surface area (Å²) >= 11 is 0. The summed E-state index contributed by atoms with van der Waals surface area (Å²) in [6.45, 7) is 4.02. The molecule has 2 atom stereocenters. The maximum Gasteiger partial charge on any atom is 0.308 e. The number of aryl methyl sites for hydroxylation is 1. The van der Waals surface area contributed by atoms with E-state index in [2.05, 4.69) is 0 Å². The number of carboxylic acids is 1. The van der Waals surface area contributed by atoms with Crippen LogP contribution in [0.5, 0.6) is 11.5 Å². The van der Waals surface area contributed by atoms with E-state index < -0.39 is 11.9 Å². The van der Waals surface area contributed by atoms with Crippen LogP contribution < -0.4 is 9.47 Å². The first-order valence-electron chi connectivity index (χ1n) is 7.65. The van der Waals surface area contributed by atoms with Crippen molar-refractivity contribution >= 4 is 11.9 Å². The number of methoxy groups -OCH3 is 2. The molecule has 0 saturated carbocycles. The Hall–Kier alpha value is -2.24. The van der Waals surface area contributed by atoms with Gasteiger partial charge in [-0.2, -0.15) is 0 Å². The summed E-state index contributed by atoms with van der Waals surface area (Å²) in [6.07, 6.45) is 1.29. The molecule has 0 aromatic heterocycles. The Morgan fingerprint density at radius 3 is 2.35 bits per heavy atom. The van der Waals surface area contributed by atoms with Crippen molar-refractivity contribution in [1.82, 2.24) is 4.90 Å². The van der Waals surface area contributed by atoms with Gasteiger partial charge in [0.1, 0.15) is 0 Å². The molecule has 0 aliphatic carbocycles. The summed E-state index contributed by atoms with van der Waals surface area (Å²) in [5.74, 6) is -0.464. The number of carbonyl (C=O) groups is 2. The molecule has 1 amide bonds. The van der Waals surface area contributed by atoms with Crippen molar-refractivity contribution in [1.29, 1.82) is 0 Å². The van der Waals surface area contributed by atoms with Gasteiger partial charge in [0.2, 0.25) is 0 Å². The van der Waals surface area contributed by atoms with Crippen LogP contribution in [0.3, 0.4) is 0 Å². The molecule has 6 heteroatoms. The molecule has 1 fully saturated rings. The second kappa shape index (κ2) is 6.89. The van der Waals surface area contributed by atoms with E-state index in [1.807, 2.05) is 13.8 Å². The second-order valence-electron chi connectivity index (χ2n) is 5.94. The van der Waals surface area contributed by atoms with Crippen LogP contribution in [0, 0.1) is 12.8 Å². The molecule has 2 rings (SSSR count). The molecule has 1 heterocycles. The van der Waals surface area contributed by atoms with E-state index in [0.717, 1.165) is 5.56 Å². The van der Waals surface area contributed by atoms with Crippen LogP contribution in [-0.4, -0.2) is 48.7 Å². The van der Waals surface area contributed by atoms with Gasteiger partial charge >= 0.3 is 5.97 Å². The van der Waals surface area contributed by atoms with E-state index in [9.17, 15) is 14.7 Å². The third-order valence-corrected chi connectivity index (χ3v) is 4.45. The number of aliphatic carboxylic acids is 1. The average molecular weight is 321 g/mol. The molecule has 126 valence electrons. The highest BCUT2D eigenvalue weighted by atomic mass is 16.5. The first-order valence-corrected chi connectivity index (χ1v) is 7.65. The summed E-state index contributed by atoms with van der Waals surface area (Å²) in [5.41, 5.74) is 1.29. The number of likely N-dealkylation sites (tertiary alicyclic amines) is 1. The number of ether oxygens (including phenoxy) is 2. The summed E-state index contributed by atoms with van der Waals surface area (Å²) in [7, 11) is 3.06. The molecule has 1 aromatic carbocycles. The van der Waals surface area contributed by atoms with E-state index in [4.69, 9.17) is 9.47 Å². The summed E-state index contributed by atoms with van der Waals surface area (Å²) in [5, 5.41) is 9.23. The van der Waals surface area contributed by atoms with E-state index in [1.165, 1.54) is 7.11 Å². The smallest absolute Gasteiger partial charge is 0.308 e. The van der Waals surface area contributed by atoms with Crippen molar-refractivity contribution in [2.24, 2.45) is 5.92 Å². The van der Waals surface area contributed by atoms with Crippen LogP contribution in [-0.2, 0) is 4.79 Å². The van der Waals surface area contributed by atoms with Gasteiger partial charge in [0.15, 0.2) is 11.5 Å². The highest BCUT2D eigenvalue weighted by Gasteiger charge is 2.33. The van der Waals surface area contributed by atoms with Gasteiger partial charge in [-0.05, 0) is 44.4 Å². The highest BCUT2D eigenvalue weighted by molar-refractivity contribution is 5.97. The number of piperidine rings is 1. The topological polar surface area (TPSA) is 76.1 Å². The van der Waals surface area contributed by atoms with E-state index in [0.29, 0.717) is 29.9 Å². The largest absolute Gasteiger partial charge is 0.493 e. The van der Waals surface area contributed by atoms with Crippen LogP contribution in [0.2, 0.25) is 0 Å². The van der Waals surface area contributed by atoms with Crippen molar-refractivity contribution in [3.63, 3.8) is 0 Å². The lowest BCUT2D eigenvalue weighted by Gasteiger charge is -2.36. The Balaban J connectivity index is 2.33. The Morgan fingerprint density at radius 2 is 1.78 bits per heavy atom. The number of carboxylic acid groups (broad SMARTS) is 1. The standard InChI is InChI=1S/C17H23NO5/c1-10-7-14(22-3)15(23-4)8-13(10)16(19)18-9-12(17(20)21)6-5-11(18)2/h7-8,11-12H,5-6,9H2,1-4H3,(H,20,21). The summed E-state index contributed by atoms with van der Waals surface area (Å²) in [6, 6.07) is 3.44. The molecule has 6 nitrogen and oxygen atoms in total. The minimum atomic E-state index is -0.848. The van der Waals surface area contributed by atoms with Crippen LogP contribution in [0.1, 0.15) is 35.7 Å². The fraction of sp³-hybridized carbons (Fsp3) is 0.529. The molecule has 1 aromatic rings. The lowest BCUT2D eigenvalue weighted by atomic mass is 9.92. The first-order chi connectivity index (χ1) is 10.9. The van der Waals surface area contributed by atoms with Gasteiger partial charge in [-0.25, -0.2) is 0 Å². The lowest BCUT2D eigenvalue weighted by Crippen LogP contribution is -2.47. The number of benzene rings is 1. The van der Waals surface area contributed by atoms with Gasteiger partial charge < -0.3 is 19.5 Å². The summed E-state index contributed by atoms with van der Waals surface area (Å²) < 4.78 is 10.5. The molecular formula is C17H23NO5. The molecule has 1 N–H and O–H groups in total. The molecule has 1 saturated heterocycles. The number of nitrogens with zero attached hydrogens (tertiary/aromatic N) is 1. The fourth-order valence-corrected chi connectivity index (χ4v) is 2.96. The Bertz CT molecular complexity index is 613. The lowest BCUT2D eigenvalue weighted by molar-refractivity contribution is -0.143. The Kier molecular flexibility index (Phi) is 5.13. The first kappa shape index (κ1) is 17.1. The molecular weight excluding hydrogens is 298 g/mol. The predicted molar refractivity (Wildman–Crippen MR) is 85.1 cm³/mol. The fourth-order valence-electron chi connectivity index (χ4n) is 2.96. The second-order valence-corrected chi connectivity index (χ2v) is 5.94. The molecule has 0 bridgehead atoms. The molecule has 0 radical (unpaired) electrons. The van der Waals surface area contributed by atoms with E-state index in [-0.39, 0.29) is 18.5 Å². The van der Waals surface area contributed by atoms with Gasteiger partial charge in [-0.15, -0.1) is 0 Å². The van der Waals surface area contributed by atoms with Crippen molar-refractivity contribution in [3.05, 3.63) is 23.3 Å². The average Bonchev–Trinajstić information content (AvgIpc) is 2.54. The van der Waals surface area contributed by atoms with Gasteiger partial charge in [0.05, 0.1) is 20.1 Å². The minimum Gasteiger partial charge on any atom is -0.493 e. The van der Waals surface area contributed by atoms with Crippen molar-refractivity contribution in [2.45, 2.75) is 32.7 Å². The maximum absolute atomic E-state index is 12.9. The SMILES string of the molecule is COc1cc(C)c(C(=O)N2CC(C(=O)O)CCC2C)cc1OC. The number of amides is 1. The third-order valence-electron chi connectivity index (χ3n) is 4.45. The summed E-state index contributed by atoms with van der Waals surface area (Å²) in [4.78, 5) is 25.8. The van der Waals surface area contributed by atoms with Crippen molar-refractivity contribution in [3.8, 4) is 11.5 Å². The normalized spacial score (nSPS) is 21.0. The highest BCUT2D eigenvalue weighted by Crippen LogP contribution is 2.32. The maximum atomic E-state index is 12.9. The minimum absolute atomic E-state index is 0.0191. The van der Waals surface area contributed by atoms with Gasteiger partial charge in [0, 0.05) is 18.2 Å². The predicted octanol–water partition coefficient (Wildman–Crippen LogP) is 2.34. The van der Waals surface area contributed by atoms with Crippen LogP contribution in [0.25, 0.3) is 0 Å². The van der Waals surface area contributed by atoms with Gasteiger partial charge in [-0.1, -0.05) is 0 Å². The van der Waals surface area contributed by atoms with Gasteiger partial charge in [-0.3, -0.25) is 9.59 Å². The zero-order chi connectivity index (χ0) is 17.1. The molecule has 23 heavy (non-hydrogen) atoms. The van der Waals surface area contributed by atoms with Crippen molar-refractivity contribution in [2.75, 3.05) is 20.8 Å². The number of hydrogen-bond donors (Lipinski definition) is 1. The molecule has 0 spiro atoms. The monoisotopic (exact) mass is 321 g/mol. The third kappa shape index (κ3) is 3.41. The van der Waals surface area contributed by atoms with Crippen LogP contribution in [0.4, 0.5) is 0 Å². The molecule has 2 unspecified atom stereocenters. The zero-order valence-electron chi connectivity index (χ0n) is 14.0. The molecule has 1 aliphatic heterocycles. The van der Waals surface area contributed by atoms with E-state index >= 15 is 0 Å². The van der Waals surface area contributed by atoms with Crippen LogP contribution >= 0.6 is 0 Å². The Morgan fingerprint density at radius 1 is 1.17 bits per heavy atom. The van der Waals surface area contributed by atoms with Crippen molar-refractivity contribution < 1.29 is 24.2 Å². The number of carbonyl (C=O) groups excluding carboxylic acids is 1. The Labute approximate surface area is 136 Å². The number of rotatable bonds is 4. The van der Waals surface area contributed by atoms with E-state index in [1.54, 1.807) is 24.1 Å². The number of hydrogen-bond acceptors (Lipinski definition) is 4. The zero-order valence-corrected chi connectivity index (χ0v) is 14.0. The van der Waals surface area contributed by atoms with Gasteiger partial charge in [0.25, 0.3) is 5.91 Å². The quantitative estimate of drug-likeness (QED) is 0.921. The van der Waals surface area contributed by atoms with Crippen LogP contribution in [0.15, 0.2) is 12.1 Å².